The molecule has 3 amide bonds. The van der Waals surface area contributed by atoms with Crippen molar-refractivity contribution >= 4 is 39.5 Å². The van der Waals surface area contributed by atoms with Crippen molar-refractivity contribution in [1.29, 1.82) is 0 Å². The molecule has 1 aliphatic heterocycles. The summed E-state index contributed by atoms with van der Waals surface area (Å²) in [7, 11) is 0. The number of aromatic nitrogens is 2. The molecule has 0 aliphatic carbocycles. The summed E-state index contributed by atoms with van der Waals surface area (Å²) < 4.78 is 2.47. The molecule has 0 bridgehead atoms. The van der Waals surface area contributed by atoms with Crippen LogP contribution in [-0.2, 0) is 11.3 Å². The first-order valence-corrected chi connectivity index (χ1v) is 10.7. The lowest BCUT2D eigenvalue weighted by molar-refractivity contribution is -0.116. The molecule has 2 heterocycles. The van der Waals surface area contributed by atoms with Crippen LogP contribution >= 0.6 is 15.9 Å². The van der Waals surface area contributed by atoms with Crippen molar-refractivity contribution in [1.82, 2.24) is 14.7 Å². The van der Waals surface area contributed by atoms with Crippen LogP contribution < -0.4 is 5.32 Å². The number of rotatable bonds is 7. The lowest BCUT2D eigenvalue weighted by atomic mass is 10.1. The van der Waals surface area contributed by atoms with E-state index in [0.717, 1.165) is 10.0 Å². The van der Waals surface area contributed by atoms with Gasteiger partial charge in [0.15, 0.2) is 0 Å². The number of benzene rings is 2. The Morgan fingerprint density at radius 3 is 2.55 bits per heavy atom. The molecular formula is C23H21BrN4O3. The average molecular weight is 481 g/mol. The van der Waals surface area contributed by atoms with E-state index in [1.807, 2.05) is 31.2 Å². The van der Waals surface area contributed by atoms with Crippen LogP contribution in [0.3, 0.4) is 0 Å². The van der Waals surface area contributed by atoms with Gasteiger partial charge >= 0.3 is 0 Å². The van der Waals surface area contributed by atoms with Gasteiger partial charge in [0, 0.05) is 23.5 Å². The van der Waals surface area contributed by atoms with Gasteiger partial charge in [-0.15, -0.1) is 0 Å². The van der Waals surface area contributed by atoms with Gasteiger partial charge < -0.3 is 5.32 Å². The highest BCUT2D eigenvalue weighted by Crippen LogP contribution is 2.26. The van der Waals surface area contributed by atoms with Crippen LogP contribution in [0.25, 0.3) is 0 Å². The van der Waals surface area contributed by atoms with Crippen molar-refractivity contribution in [2.45, 2.75) is 26.3 Å². The maximum atomic E-state index is 12.5. The Labute approximate surface area is 188 Å². The van der Waals surface area contributed by atoms with Crippen LogP contribution in [-0.4, -0.2) is 38.9 Å². The summed E-state index contributed by atoms with van der Waals surface area (Å²) in [5.74, 6) is -0.219. The normalized spacial score (nSPS) is 12.9. The summed E-state index contributed by atoms with van der Waals surface area (Å²) in [4.78, 5) is 38.6. The molecule has 1 aliphatic rings. The molecule has 0 spiro atoms. The van der Waals surface area contributed by atoms with Crippen molar-refractivity contribution in [3.63, 3.8) is 0 Å². The number of hydrogen-bond acceptors (Lipinski definition) is 4. The summed E-state index contributed by atoms with van der Waals surface area (Å²) in [6, 6.07) is 14.9. The molecular weight excluding hydrogens is 460 g/mol. The number of carbonyl (C=O) groups is 3. The zero-order valence-corrected chi connectivity index (χ0v) is 18.6. The van der Waals surface area contributed by atoms with Gasteiger partial charge in [-0.2, -0.15) is 5.10 Å². The van der Waals surface area contributed by atoms with Gasteiger partial charge in [-0.1, -0.05) is 45.8 Å². The SMILES string of the molecule is Cc1ccc(Cn2nccc2NC(=O)CCCN2C(=O)c3ccc(Br)cc3C2=O)cc1. The third-order valence-corrected chi connectivity index (χ3v) is 5.65. The van der Waals surface area contributed by atoms with E-state index in [0.29, 0.717) is 29.9 Å². The number of nitrogens with one attached hydrogen (secondary N) is 1. The van der Waals surface area contributed by atoms with Crippen LogP contribution in [0.15, 0.2) is 59.2 Å². The van der Waals surface area contributed by atoms with Gasteiger partial charge in [0.2, 0.25) is 5.91 Å². The van der Waals surface area contributed by atoms with E-state index in [1.54, 1.807) is 35.1 Å². The predicted molar refractivity (Wildman–Crippen MR) is 120 cm³/mol. The third kappa shape index (κ3) is 4.59. The summed E-state index contributed by atoms with van der Waals surface area (Å²) in [5, 5.41) is 7.14. The molecule has 1 aromatic heterocycles. The number of amides is 3. The topological polar surface area (TPSA) is 84.3 Å². The Balaban J connectivity index is 1.31. The first-order chi connectivity index (χ1) is 14.9. The monoisotopic (exact) mass is 480 g/mol. The van der Waals surface area contributed by atoms with Crippen LogP contribution in [0.4, 0.5) is 5.82 Å². The number of carbonyl (C=O) groups excluding carboxylic acids is 3. The highest BCUT2D eigenvalue weighted by Gasteiger charge is 2.35. The van der Waals surface area contributed by atoms with Crippen LogP contribution in [0.2, 0.25) is 0 Å². The minimum Gasteiger partial charge on any atom is -0.311 e. The van der Waals surface area contributed by atoms with Gasteiger partial charge in [0.25, 0.3) is 11.8 Å². The largest absolute Gasteiger partial charge is 0.311 e. The van der Waals surface area contributed by atoms with Crippen molar-refractivity contribution in [2.75, 3.05) is 11.9 Å². The van der Waals surface area contributed by atoms with E-state index in [-0.39, 0.29) is 30.7 Å². The highest BCUT2D eigenvalue weighted by atomic mass is 79.9. The Kier molecular flexibility index (Phi) is 5.99. The highest BCUT2D eigenvalue weighted by molar-refractivity contribution is 9.10. The first kappa shape index (κ1) is 21.0. The third-order valence-electron chi connectivity index (χ3n) is 5.16. The summed E-state index contributed by atoms with van der Waals surface area (Å²) in [5.41, 5.74) is 3.06. The molecule has 0 saturated carbocycles. The van der Waals surface area contributed by atoms with Crippen molar-refractivity contribution in [2.24, 2.45) is 0 Å². The Hall–Kier alpha value is -3.26. The van der Waals surface area contributed by atoms with Crippen molar-refractivity contribution in [3.05, 3.63) is 81.5 Å². The molecule has 0 atom stereocenters. The number of anilines is 1. The Morgan fingerprint density at radius 1 is 1.03 bits per heavy atom. The maximum Gasteiger partial charge on any atom is 0.261 e. The molecule has 0 fully saturated rings. The van der Waals surface area contributed by atoms with E-state index in [2.05, 4.69) is 26.3 Å². The van der Waals surface area contributed by atoms with Crippen LogP contribution in [0.5, 0.6) is 0 Å². The standard InChI is InChI=1S/C23H21BrN4O3/c1-15-4-6-16(7-5-15)14-28-20(10-11-25-28)26-21(29)3-2-12-27-22(30)18-9-8-17(24)13-19(18)23(27)31/h4-11,13H,2-3,12,14H2,1H3,(H,26,29). The Morgan fingerprint density at radius 2 is 1.77 bits per heavy atom. The van der Waals surface area contributed by atoms with Gasteiger partial charge in [-0.25, -0.2) is 4.68 Å². The molecule has 0 saturated heterocycles. The van der Waals surface area contributed by atoms with Gasteiger partial charge in [0.05, 0.1) is 23.9 Å². The molecule has 4 rings (SSSR count). The summed E-state index contributed by atoms with van der Waals surface area (Å²) in [6.45, 7) is 2.78. The van der Waals surface area contributed by atoms with Crippen LogP contribution in [0, 0.1) is 6.92 Å². The van der Waals surface area contributed by atoms with Gasteiger partial charge in [0.1, 0.15) is 5.82 Å². The van der Waals surface area contributed by atoms with Crippen LogP contribution in [0.1, 0.15) is 44.7 Å². The fourth-order valence-electron chi connectivity index (χ4n) is 3.50. The number of hydrogen-bond donors (Lipinski definition) is 1. The fraction of sp³-hybridized carbons (Fsp3) is 0.217. The van der Waals surface area contributed by atoms with E-state index >= 15 is 0 Å². The molecule has 0 radical (unpaired) electrons. The molecule has 158 valence electrons. The fourth-order valence-corrected chi connectivity index (χ4v) is 3.86. The second-order valence-corrected chi connectivity index (χ2v) is 8.38. The number of aryl methyl sites for hydroxylation is 1. The minimum absolute atomic E-state index is 0.187. The van der Waals surface area contributed by atoms with E-state index in [9.17, 15) is 14.4 Å². The minimum atomic E-state index is -0.321. The van der Waals surface area contributed by atoms with E-state index < -0.39 is 0 Å². The number of halogens is 1. The zero-order chi connectivity index (χ0) is 22.0. The van der Waals surface area contributed by atoms with Crippen molar-refractivity contribution in [3.8, 4) is 0 Å². The molecule has 1 N–H and O–H groups in total. The smallest absolute Gasteiger partial charge is 0.261 e. The molecule has 31 heavy (non-hydrogen) atoms. The van der Waals surface area contributed by atoms with Gasteiger partial charge in [-0.05, 0) is 37.1 Å². The molecule has 0 unspecified atom stereocenters. The zero-order valence-electron chi connectivity index (χ0n) is 17.0. The van der Waals surface area contributed by atoms with Gasteiger partial charge in [-0.3, -0.25) is 19.3 Å². The molecule has 3 aromatic rings. The maximum absolute atomic E-state index is 12.5. The summed E-state index contributed by atoms with van der Waals surface area (Å²) in [6.07, 6.45) is 2.21. The predicted octanol–water partition coefficient (Wildman–Crippen LogP) is 4.02. The Bertz CT molecular complexity index is 1150. The number of imide groups is 1. The molecule has 7 nitrogen and oxygen atoms in total. The lowest BCUT2D eigenvalue weighted by Gasteiger charge is -2.14. The quantitative estimate of drug-likeness (QED) is 0.517. The molecule has 2 aromatic carbocycles. The number of fused-ring (bicyclic) bond motifs is 1. The lowest BCUT2D eigenvalue weighted by Crippen LogP contribution is -2.31. The molecule has 8 heteroatoms. The second kappa shape index (κ2) is 8.85. The van der Waals surface area contributed by atoms with E-state index in [4.69, 9.17) is 0 Å². The van der Waals surface area contributed by atoms with Crippen molar-refractivity contribution < 1.29 is 14.4 Å². The first-order valence-electron chi connectivity index (χ1n) is 9.95. The number of nitrogens with zero attached hydrogens (tertiary/aromatic N) is 3. The second-order valence-electron chi connectivity index (χ2n) is 7.46. The van der Waals surface area contributed by atoms with E-state index in [1.165, 1.54) is 10.5 Å². The summed E-state index contributed by atoms with van der Waals surface area (Å²) >= 11 is 3.32. The average Bonchev–Trinajstić information content (AvgIpc) is 3.27.